The lowest BCUT2D eigenvalue weighted by Gasteiger charge is -2.26. The van der Waals surface area contributed by atoms with Gasteiger partial charge in [0.05, 0.1) is 5.75 Å². The van der Waals surface area contributed by atoms with Gasteiger partial charge in [-0.1, -0.05) is 6.92 Å². The smallest absolute Gasteiger partial charge is 0.212 e. The van der Waals surface area contributed by atoms with E-state index in [0.29, 0.717) is 18.2 Å². The molecule has 0 aromatic heterocycles. The number of hydrogen-bond acceptors (Lipinski definition) is 2. The van der Waals surface area contributed by atoms with Gasteiger partial charge in [0.15, 0.2) is 0 Å². The molecule has 1 unspecified atom stereocenters. The molecular weight excluding hydrogens is 222 g/mol. The standard InChI is InChI=1S/C9H18ClNO2S/c1-3-9(2,7-10)11-14(12,13)6-8-4-5-8/h8,11H,3-7H2,1-2H3. The summed E-state index contributed by atoms with van der Waals surface area (Å²) in [4.78, 5) is 0. The fourth-order valence-corrected chi connectivity index (χ4v) is 3.55. The van der Waals surface area contributed by atoms with Crippen LogP contribution in [0.2, 0.25) is 0 Å². The number of alkyl halides is 1. The summed E-state index contributed by atoms with van der Waals surface area (Å²) >= 11 is 5.74. The lowest BCUT2D eigenvalue weighted by molar-refractivity contribution is 0.443. The van der Waals surface area contributed by atoms with E-state index < -0.39 is 15.6 Å². The van der Waals surface area contributed by atoms with Gasteiger partial charge in [-0.05, 0) is 32.1 Å². The summed E-state index contributed by atoms with van der Waals surface area (Å²) in [6, 6.07) is 0. The Morgan fingerprint density at radius 2 is 2.07 bits per heavy atom. The van der Waals surface area contributed by atoms with Crippen molar-refractivity contribution in [1.29, 1.82) is 0 Å². The summed E-state index contributed by atoms with van der Waals surface area (Å²) in [7, 11) is -3.13. The Hall–Kier alpha value is 0.200. The van der Waals surface area contributed by atoms with Crippen molar-refractivity contribution in [2.45, 2.75) is 38.6 Å². The van der Waals surface area contributed by atoms with Gasteiger partial charge >= 0.3 is 0 Å². The minimum Gasteiger partial charge on any atom is -0.212 e. The summed E-state index contributed by atoms with van der Waals surface area (Å²) in [5.74, 6) is 0.955. The van der Waals surface area contributed by atoms with Crippen LogP contribution >= 0.6 is 11.6 Å². The minimum absolute atomic E-state index is 0.263. The molecule has 3 nitrogen and oxygen atoms in total. The van der Waals surface area contributed by atoms with Crippen LogP contribution in [0, 0.1) is 5.92 Å². The zero-order valence-electron chi connectivity index (χ0n) is 8.72. The molecule has 0 heterocycles. The van der Waals surface area contributed by atoms with E-state index in [-0.39, 0.29) is 5.75 Å². The molecule has 5 heteroatoms. The predicted octanol–water partition coefficient (Wildman–Crippen LogP) is 1.72. The summed E-state index contributed by atoms with van der Waals surface area (Å²) in [6.45, 7) is 3.77. The molecule has 1 atom stereocenters. The van der Waals surface area contributed by atoms with Crippen LogP contribution in [-0.4, -0.2) is 25.6 Å². The maximum atomic E-state index is 11.6. The second-order valence-corrected chi connectivity index (χ2v) is 6.41. The quantitative estimate of drug-likeness (QED) is 0.718. The molecule has 0 radical (unpaired) electrons. The first kappa shape index (κ1) is 12.3. The fourth-order valence-electron chi connectivity index (χ4n) is 1.21. The van der Waals surface area contributed by atoms with Crippen LogP contribution in [0.15, 0.2) is 0 Å². The molecule has 0 amide bonds. The van der Waals surface area contributed by atoms with E-state index in [1.165, 1.54) is 0 Å². The molecule has 1 aliphatic rings. The molecule has 0 bridgehead atoms. The van der Waals surface area contributed by atoms with Crippen molar-refractivity contribution < 1.29 is 8.42 Å². The van der Waals surface area contributed by atoms with Gasteiger partial charge < -0.3 is 0 Å². The molecule has 0 spiro atoms. The lowest BCUT2D eigenvalue weighted by atomic mass is 10.0. The van der Waals surface area contributed by atoms with E-state index in [4.69, 9.17) is 11.6 Å². The summed E-state index contributed by atoms with van der Waals surface area (Å²) in [6.07, 6.45) is 2.80. The Bertz CT molecular complexity index is 281. The molecule has 1 rings (SSSR count). The largest absolute Gasteiger partial charge is 0.212 e. The zero-order chi connectivity index (χ0) is 10.8. The van der Waals surface area contributed by atoms with Crippen LogP contribution in [0.5, 0.6) is 0 Å². The molecular formula is C9H18ClNO2S. The first-order valence-corrected chi connectivity index (χ1v) is 7.17. The average molecular weight is 240 g/mol. The van der Waals surface area contributed by atoms with Gasteiger partial charge in [0.2, 0.25) is 10.0 Å². The Labute approximate surface area is 91.3 Å². The van der Waals surface area contributed by atoms with E-state index in [9.17, 15) is 8.42 Å². The third kappa shape index (κ3) is 3.75. The van der Waals surface area contributed by atoms with E-state index in [1.807, 2.05) is 13.8 Å². The number of nitrogens with one attached hydrogen (secondary N) is 1. The van der Waals surface area contributed by atoms with Crippen LogP contribution in [0.1, 0.15) is 33.1 Å². The molecule has 1 aliphatic carbocycles. The molecule has 84 valence electrons. The molecule has 0 aromatic rings. The fraction of sp³-hybridized carbons (Fsp3) is 1.00. The third-order valence-corrected chi connectivity index (χ3v) is 4.93. The van der Waals surface area contributed by atoms with Gasteiger partial charge in [-0.15, -0.1) is 11.6 Å². The molecule has 1 saturated carbocycles. The first-order valence-electron chi connectivity index (χ1n) is 4.98. The third-order valence-electron chi connectivity index (χ3n) is 2.63. The van der Waals surface area contributed by atoms with Crippen molar-refractivity contribution in [1.82, 2.24) is 4.72 Å². The monoisotopic (exact) mass is 239 g/mol. The van der Waals surface area contributed by atoms with Crippen molar-refractivity contribution in [3.63, 3.8) is 0 Å². The average Bonchev–Trinajstić information content (AvgIpc) is 2.86. The van der Waals surface area contributed by atoms with Crippen molar-refractivity contribution in [3.05, 3.63) is 0 Å². The Morgan fingerprint density at radius 1 is 1.50 bits per heavy atom. The van der Waals surface area contributed by atoms with Gasteiger partial charge in [0.1, 0.15) is 0 Å². The van der Waals surface area contributed by atoms with Crippen LogP contribution in [-0.2, 0) is 10.0 Å². The summed E-state index contributed by atoms with van der Waals surface area (Å²) in [5.41, 5.74) is -0.491. The van der Waals surface area contributed by atoms with E-state index in [1.54, 1.807) is 0 Å². The Kier molecular flexibility index (Phi) is 3.83. The number of halogens is 1. The predicted molar refractivity (Wildman–Crippen MR) is 59.1 cm³/mol. The minimum atomic E-state index is -3.13. The van der Waals surface area contributed by atoms with Crippen LogP contribution < -0.4 is 4.72 Å². The lowest BCUT2D eigenvalue weighted by Crippen LogP contribution is -2.48. The van der Waals surface area contributed by atoms with Gasteiger partial charge in [-0.2, -0.15) is 0 Å². The molecule has 0 saturated heterocycles. The molecule has 1 fully saturated rings. The highest BCUT2D eigenvalue weighted by atomic mass is 35.5. The highest BCUT2D eigenvalue weighted by Gasteiger charge is 2.32. The number of sulfonamides is 1. The molecule has 14 heavy (non-hydrogen) atoms. The SMILES string of the molecule is CCC(C)(CCl)NS(=O)(=O)CC1CC1. The first-order chi connectivity index (χ1) is 6.41. The maximum Gasteiger partial charge on any atom is 0.212 e. The molecule has 1 N–H and O–H groups in total. The highest BCUT2D eigenvalue weighted by Crippen LogP contribution is 2.30. The van der Waals surface area contributed by atoms with Gasteiger partial charge in [0, 0.05) is 11.4 Å². The van der Waals surface area contributed by atoms with Crippen molar-refractivity contribution in [2.75, 3.05) is 11.6 Å². The van der Waals surface area contributed by atoms with Crippen molar-refractivity contribution >= 4 is 21.6 Å². The van der Waals surface area contributed by atoms with Crippen LogP contribution in [0.3, 0.4) is 0 Å². The second kappa shape index (κ2) is 4.37. The zero-order valence-corrected chi connectivity index (χ0v) is 10.3. The van der Waals surface area contributed by atoms with Gasteiger partial charge in [-0.25, -0.2) is 13.1 Å². The van der Waals surface area contributed by atoms with Crippen LogP contribution in [0.25, 0.3) is 0 Å². The second-order valence-electron chi connectivity index (χ2n) is 4.37. The highest BCUT2D eigenvalue weighted by molar-refractivity contribution is 7.89. The summed E-state index contributed by atoms with van der Waals surface area (Å²) in [5, 5.41) is 0. The number of rotatable bonds is 6. The molecule has 0 aliphatic heterocycles. The van der Waals surface area contributed by atoms with E-state index in [0.717, 1.165) is 12.8 Å². The van der Waals surface area contributed by atoms with Crippen LogP contribution in [0.4, 0.5) is 0 Å². The van der Waals surface area contributed by atoms with E-state index in [2.05, 4.69) is 4.72 Å². The Balaban J connectivity index is 2.55. The molecule has 0 aromatic carbocycles. The van der Waals surface area contributed by atoms with E-state index >= 15 is 0 Å². The van der Waals surface area contributed by atoms with Crippen molar-refractivity contribution in [2.24, 2.45) is 5.92 Å². The van der Waals surface area contributed by atoms with Gasteiger partial charge in [-0.3, -0.25) is 0 Å². The number of hydrogen-bond donors (Lipinski definition) is 1. The normalized spacial score (nSPS) is 21.9. The maximum absolute atomic E-state index is 11.6. The van der Waals surface area contributed by atoms with Gasteiger partial charge in [0.25, 0.3) is 0 Å². The Morgan fingerprint density at radius 3 is 2.43 bits per heavy atom. The van der Waals surface area contributed by atoms with Crippen molar-refractivity contribution in [3.8, 4) is 0 Å². The topological polar surface area (TPSA) is 46.2 Å². The summed E-state index contributed by atoms with van der Waals surface area (Å²) < 4.78 is 26.0.